The van der Waals surface area contributed by atoms with E-state index in [1.54, 1.807) is 0 Å². The third-order valence-electron chi connectivity index (χ3n) is 3.88. The van der Waals surface area contributed by atoms with E-state index in [4.69, 9.17) is 5.73 Å². The highest BCUT2D eigenvalue weighted by Crippen LogP contribution is 2.25. The van der Waals surface area contributed by atoms with E-state index >= 15 is 0 Å². The molecule has 0 bridgehead atoms. The number of rotatable bonds is 4. The first-order chi connectivity index (χ1) is 8.70. The van der Waals surface area contributed by atoms with Crippen LogP contribution in [-0.4, -0.2) is 66.9 Å². The molecule has 8 heteroatoms. The second kappa shape index (κ2) is 9.39. The van der Waals surface area contributed by atoms with Gasteiger partial charge in [0.25, 0.3) is 0 Å². The molecular formula is C12H24Cl2N4O2. The first-order valence-corrected chi connectivity index (χ1v) is 6.69. The number of amides is 2. The summed E-state index contributed by atoms with van der Waals surface area (Å²) in [6.07, 6.45) is 3.95. The Bertz CT molecular complexity index is 319. The van der Waals surface area contributed by atoms with E-state index < -0.39 is 0 Å². The average Bonchev–Trinajstić information content (AvgIpc) is 2.34. The van der Waals surface area contributed by atoms with Crippen LogP contribution in [0.15, 0.2) is 0 Å². The Morgan fingerprint density at radius 3 is 2.15 bits per heavy atom. The zero-order valence-electron chi connectivity index (χ0n) is 11.5. The van der Waals surface area contributed by atoms with Crippen LogP contribution in [-0.2, 0) is 9.59 Å². The van der Waals surface area contributed by atoms with E-state index in [0.717, 1.165) is 32.2 Å². The Balaban J connectivity index is 0.00000180. The quantitative estimate of drug-likeness (QED) is 0.737. The highest BCUT2D eigenvalue weighted by atomic mass is 35.5. The normalized spacial score (nSPS) is 19.4. The second-order valence-corrected chi connectivity index (χ2v) is 4.98. The lowest BCUT2D eigenvalue weighted by Crippen LogP contribution is -2.55. The van der Waals surface area contributed by atoms with Crippen LogP contribution < -0.4 is 11.1 Å². The molecular weight excluding hydrogens is 303 g/mol. The zero-order valence-corrected chi connectivity index (χ0v) is 13.2. The molecule has 20 heavy (non-hydrogen) atoms. The smallest absolute Gasteiger partial charge is 0.242 e. The molecule has 6 nitrogen and oxygen atoms in total. The van der Waals surface area contributed by atoms with Crippen LogP contribution in [0.3, 0.4) is 0 Å². The van der Waals surface area contributed by atoms with Gasteiger partial charge in [0, 0.05) is 32.2 Å². The van der Waals surface area contributed by atoms with Crippen molar-refractivity contribution in [3.63, 3.8) is 0 Å². The van der Waals surface area contributed by atoms with Gasteiger partial charge in [-0.25, -0.2) is 0 Å². The summed E-state index contributed by atoms with van der Waals surface area (Å²) in [5, 5.41) is 2.52. The van der Waals surface area contributed by atoms with Gasteiger partial charge in [-0.15, -0.1) is 24.8 Å². The number of piperazine rings is 1. The van der Waals surface area contributed by atoms with Crippen molar-refractivity contribution in [2.45, 2.75) is 25.3 Å². The Morgan fingerprint density at radius 1 is 1.10 bits per heavy atom. The minimum absolute atomic E-state index is 0. The van der Waals surface area contributed by atoms with Gasteiger partial charge in [-0.1, -0.05) is 6.42 Å². The largest absolute Gasteiger partial charge is 0.346 e. The van der Waals surface area contributed by atoms with Crippen molar-refractivity contribution in [3.8, 4) is 0 Å². The molecule has 1 aliphatic heterocycles. The predicted molar refractivity (Wildman–Crippen MR) is 82.4 cm³/mol. The Hall–Kier alpha value is -0.560. The number of hydrogen-bond acceptors (Lipinski definition) is 4. The molecule has 2 amide bonds. The van der Waals surface area contributed by atoms with E-state index in [-0.39, 0.29) is 49.7 Å². The molecule has 0 spiro atoms. The van der Waals surface area contributed by atoms with Gasteiger partial charge in [0.1, 0.15) is 0 Å². The average molecular weight is 327 g/mol. The molecule has 0 radical (unpaired) electrons. The SMILES string of the molecule is Cl.Cl.NCC(=O)NCC(=O)N1CCN(C2CCC2)CC1. The standard InChI is InChI=1S/C12H22N4O2.2ClH/c13-8-11(17)14-9-12(18)16-6-4-15(5-7-16)10-2-1-3-10;;/h10H,1-9,13H2,(H,14,17);2*1H. The van der Waals surface area contributed by atoms with Crippen LogP contribution in [0.25, 0.3) is 0 Å². The van der Waals surface area contributed by atoms with Crippen LogP contribution in [0.4, 0.5) is 0 Å². The molecule has 0 unspecified atom stereocenters. The summed E-state index contributed by atoms with van der Waals surface area (Å²) in [7, 11) is 0. The summed E-state index contributed by atoms with van der Waals surface area (Å²) in [5.74, 6) is -0.290. The van der Waals surface area contributed by atoms with Gasteiger partial charge < -0.3 is 16.0 Å². The van der Waals surface area contributed by atoms with Crippen LogP contribution >= 0.6 is 24.8 Å². The van der Waals surface area contributed by atoms with Crippen LogP contribution in [0.5, 0.6) is 0 Å². The Labute approximate surface area is 132 Å². The first-order valence-electron chi connectivity index (χ1n) is 6.69. The molecule has 0 atom stereocenters. The number of hydrogen-bond donors (Lipinski definition) is 2. The van der Waals surface area contributed by atoms with Gasteiger partial charge in [-0.3, -0.25) is 14.5 Å². The third kappa shape index (κ3) is 5.09. The first kappa shape index (κ1) is 19.4. The monoisotopic (exact) mass is 326 g/mol. The minimum Gasteiger partial charge on any atom is -0.346 e. The lowest BCUT2D eigenvalue weighted by atomic mass is 9.91. The summed E-state index contributed by atoms with van der Waals surface area (Å²) < 4.78 is 0. The molecule has 1 heterocycles. The van der Waals surface area contributed by atoms with Crippen molar-refractivity contribution in [1.29, 1.82) is 0 Å². The fourth-order valence-corrected chi connectivity index (χ4v) is 2.45. The second-order valence-electron chi connectivity index (χ2n) is 4.98. The van der Waals surface area contributed by atoms with E-state index in [2.05, 4.69) is 10.2 Å². The molecule has 1 saturated heterocycles. The predicted octanol–water partition coefficient (Wildman–Crippen LogP) is -0.398. The van der Waals surface area contributed by atoms with Crippen molar-refractivity contribution < 1.29 is 9.59 Å². The number of nitrogens with two attached hydrogens (primary N) is 1. The zero-order chi connectivity index (χ0) is 13.0. The van der Waals surface area contributed by atoms with E-state index in [1.807, 2.05) is 4.90 Å². The van der Waals surface area contributed by atoms with Gasteiger partial charge in [0.15, 0.2) is 0 Å². The summed E-state index contributed by atoms with van der Waals surface area (Å²) in [6.45, 7) is 3.46. The van der Waals surface area contributed by atoms with E-state index in [1.165, 1.54) is 19.3 Å². The fraction of sp³-hybridized carbons (Fsp3) is 0.833. The topological polar surface area (TPSA) is 78.7 Å². The van der Waals surface area contributed by atoms with Gasteiger partial charge in [0.05, 0.1) is 13.1 Å². The minimum atomic E-state index is -0.281. The highest BCUT2D eigenvalue weighted by Gasteiger charge is 2.29. The molecule has 1 saturated carbocycles. The molecule has 0 aromatic heterocycles. The third-order valence-corrected chi connectivity index (χ3v) is 3.88. The van der Waals surface area contributed by atoms with Gasteiger partial charge in [-0.2, -0.15) is 0 Å². The molecule has 0 aromatic carbocycles. The Morgan fingerprint density at radius 2 is 1.70 bits per heavy atom. The number of carbonyl (C=O) groups is 2. The van der Waals surface area contributed by atoms with Crippen LogP contribution in [0.2, 0.25) is 0 Å². The van der Waals surface area contributed by atoms with Crippen LogP contribution in [0.1, 0.15) is 19.3 Å². The Kier molecular flexibility index (Phi) is 9.13. The molecule has 1 aliphatic carbocycles. The van der Waals surface area contributed by atoms with Gasteiger partial charge >= 0.3 is 0 Å². The molecule has 2 aliphatic rings. The van der Waals surface area contributed by atoms with Crippen molar-refractivity contribution >= 4 is 36.6 Å². The van der Waals surface area contributed by atoms with Crippen molar-refractivity contribution in [2.24, 2.45) is 5.73 Å². The van der Waals surface area contributed by atoms with E-state index in [9.17, 15) is 9.59 Å². The molecule has 2 fully saturated rings. The molecule has 0 aromatic rings. The molecule has 2 rings (SSSR count). The van der Waals surface area contributed by atoms with E-state index in [0.29, 0.717) is 0 Å². The summed E-state index contributed by atoms with van der Waals surface area (Å²) >= 11 is 0. The maximum Gasteiger partial charge on any atom is 0.242 e. The van der Waals surface area contributed by atoms with Gasteiger partial charge in [0.2, 0.25) is 11.8 Å². The number of carbonyl (C=O) groups excluding carboxylic acids is 2. The summed E-state index contributed by atoms with van der Waals surface area (Å²) in [4.78, 5) is 27.1. The summed E-state index contributed by atoms with van der Waals surface area (Å²) in [6, 6.07) is 0.749. The lowest BCUT2D eigenvalue weighted by Gasteiger charge is -2.42. The van der Waals surface area contributed by atoms with Crippen molar-refractivity contribution in [2.75, 3.05) is 39.3 Å². The number of nitrogens with zero attached hydrogens (tertiary/aromatic N) is 2. The maximum atomic E-state index is 11.8. The molecule has 3 N–H and O–H groups in total. The van der Waals surface area contributed by atoms with Crippen molar-refractivity contribution in [1.82, 2.24) is 15.1 Å². The number of halogens is 2. The maximum absolute atomic E-state index is 11.8. The fourth-order valence-electron chi connectivity index (χ4n) is 2.45. The number of nitrogens with one attached hydrogen (secondary N) is 1. The lowest BCUT2D eigenvalue weighted by molar-refractivity contribution is -0.134. The molecule has 118 valence electrons. The summed E-state index contributed by atoms with van der Waals surface area (Å²) in [5.41, 5.74) is 5.17. The van der Waals surface area contributed by atoms with Gasteiger partial charge in [-0.05, 0) is 12.8 Å². The van der Waals surface area contributed by atoms with Crippen LogP contribution in [0, 0.1) is 0 Å². The van der Waals surface area contributed by atoms with Crippen molar-refractivity contribution in [3.05, 3.63) is 0 Å². The highest BCUT2D eigenvalue weighted by molar-refractivity contribution is 5.86.